The number of aliphatic hydroxyl groups is 1. The summed E-state index contributed by atoms with van der Waals surface area (Å²) in [6.07, 6.45) is -0.155. The van der Waals surface area contributed by atoms with Gasteiger partial charge in [-0.25, -0.2) is 4.79 Å². The van der Waals surface area contributed by atoms with Crippen molar-refractivity contribution in [3.05, 3.63) is 32.6 Å². The van der Waals surface area contributed by atoms with E-state index in [0.717, 1.165) is 4.57 Å². The number of H-pyrrole nitrogens is 1. The van der Waals surface area contributed by atoms with Crippen molar-refractivity contribution < 1.29 is 19.4 Å². The van der Waals surface area contributed by atoms with E-state index in [4.69, 9.17) is 9.47 Å². The summed E-state index contributed by atoms with van der Waals surface area (Å²) < 4.78 is 11.9. The molecule has 3 N–H and O–H groups in total. The number of aromatic nitrogens is 2. The van der Waals surface area contributed by atoms with Crippen LogP contribution >= 0.6 is 0 Å². The van der Waals surface area contributed by atoms with Crippen LogP contribution in [-0.4, -0.2) is 58.1 Å². The van der Waals surface area contributed by atoms with Crippen molar-refractivity contribution in [1.29, 1.82) is 0 Å². The Morgan fingerprint density at radius 2 is 2.14 bits per heavy atom. The number of ether oxygens (including phenoxy) is 2. The van der Waals surface area contributed by atoms with Gasteiger partial charge in [-0.1, -0.05) is 0 Å². The lowest BCUT2D eigenvalue weighted by Crippen LogP contribution is -2.46. The quantitative estimate of drug-likeness (QED) is 0.566. The molecule has 0 radical (unpaired) electrons. The van der Waals surface area contributed by atoms with Gasteiger partial charge in [0.05, 0.1) is 19.3 Å². The molecule has 2 fully saturated rings. The predicted molar refractivity (Wildman–Crippen MR) is 73.5 cm³/mol. The summed E-state index contributed by atoms with van der Waals surface area (Å²) in [5.74, 6) is -0.396. The fourth-order valence-electron chi connectivity index (χ4n) is 2.75. The van der Waals surface area contributed by atoms with Crippen LogP contribution in [0.4, 0.5) is 0 Å². The van der Waals surface area contributed by atoms with Gasteiger partial charge in [-0.2, -0.15) is 0 Å². The van der Waals surface area contributed by atoms with Gasteiger partial charge < -0.3 is 19.9 Å². The van der Waals surface area contributed by atoms with Crippen molar-refractivity contribution in [2.45, 2.75) is 37.8 Å². The normalized spacial score (nSPS) is 30.3. The van der Waals surface area contributed by atoms with Crippen molar-refractivity contribution in [3.63, 3.8) is 0 Å². The number of aliphatic hydroxyl groups excluding tert-OH is 1. The molecule has 2 aliphatic rings. The highest BCUT2D eigenvalue weighted by atomic mass is 16.6. The molecule has 0 spiro atoms. The second kappa shape index (κ2) is 5.67. The highest BCUT2D eigenvalue weighted by Crippen LogP contribution is 2.26. The SMILES string of the molecule is Cc1cn(CC(=O)N[C@@H]2CO[C@H]3[C@@H]2OC[C@H]3O)c(=O)[nH]c1=O. The third-order valence-corrected chi connectivity index (χ3v) is 3.88. The van der Waals surface area contributed by atoms with Crippen molar-refractivity contribution in [2.75, 3.05) is 13.2 Å². The number of fused-ring (bicyclic) bond motifs is 1. The van der Waals surface area contributed by atoms with Gasteiger partial charge in [0.2, 0.25) is 5.91 Å². The van der Waals surface area contributed by atoms with Crippen molar-refractivity contribution in [3.8, 4) is 0 Å². The number of amides is 1. The fourth-order valence-corrected chi connectivity index (χ4v) is 2.75. The molecule has 1 amide bonds. The maximum Gasteiger partial charge on any atom is 0.328 e. The minimum absolute atomic E-state index is 0.181. The van der Waals surface area contributed by atoms with Crippen LogP contribution in [0.25, 0.3) is 0 Å². The number of hydrogen-bond acceptors (Lipinski definition) is 6. The summed E-state index contributed by atoms with van der Waals surface area (Å²) >= 11 is 0. The lowest BCUT2D eigenvalue weighted by Gasteiger charge is -2.17. The maximum absolute atomic E-state index is 12.1. The van der Waals surface area contributed by atoms with Crippen LogP contribution in [0.5, 0.6) is 0 Å². The van der Waals surface area contributed by atoms with E-state index in [2.05, 4.69) is 10.3 Å². The summed E-state index contributed by atoms with van der Waals surface area (Å²) in [5, 5.41) is 12.4. The number of hydrogen-bond donors (Lipinski definition) is 3. The first-order chi connectivity index (χ1) is 10.5. The van der Waals surface area contributed by atoms with Crippen LogP contribution in [-0.2, 0) is 20.8 Å². The topological polar surface area (TPSA) is 123 Å². The van der Waals surface area contributed by atoms with Gasteiger partial charge in [0.25, 0.3) is 5.56 Å². The fraction of sp³-hybridized carbons (Fsp3) is 0.615. The van der Waals surface area contributed by atoms with Gasteiger partial charge in [-0.15, -0.1) is 0 Å². The minimum Gasteiger partial charge on any atom is -0.388 e. The van der Waals surface area contributed by atoms with E-state index >= 15 is 0 Å². The van der Waals surface area contributed by atoms with Crippen LogP contribution in [0.2, 0.25) is 0 Å². The summed E-state index contributed by atoms with van der Waals surface area (Å²) in [7, 11) is 0. The Hall–Kier alpha value is -1.97. The number of aromatic amines is 1. The molecule has 9 nitrogen and oxygen atoms in total. The Balaban J connectivity index is 1.65. The average molecular weight is 311 g/mol. The van der Waals surface area contributed by atoms with Crippen LogP contribution in [0.3, 0.4) is 0 Å². The second-order valence-corrected chi connectivity index (χ2v) is 5.54. The average Bonchev–Trinajstić information content (AvgIpc) is 3.01. The summed E-state index contributed by atoms with van der Waals surface area (Å²) in [6.45, 7) is 1.76. The first kappa shape index (κ1) is 14.9. The van der Waals surface area contributed by atoms with E-state index in [1.807, 2.05) is 0 Å². The zero-order chi connectivity index (χ0) is 15.9. The first-order valence-corrected chi connectivity index (χ1v) is 6.96. The molecule has 0 saturated carbocycles. The molecule has 2 saturated heterocycles. The van der Waals surface area contributed by atoms with Crippen molar-refractivity contribution in [2.24, 2.45) is 0 Å². The molecule has 1 aromatic heterocycles. The van der Waals surface area contributed by atoms with Crippen LogP contribution in [0, 0.1) is 6.92 Å². The second-order valence-electron chi connectivity index (χ2n) is 5.54. The molecule has 120 valence electrons. The van der Waals surface area contributed by atoms with Crippen molar-refractivity contribution in [1.82, 2.24) is 14.9 Å². The molecular weight excluding hydrogens is 294 g/mol. The number of nitrogens with one attached hydrogen (secondary N) is 2. The molecule has 0 bridgehead atoms. The number of carbonyl (C=O) groups is 1. The highest BCUT2D eigenvalue weighted by Gasteiger charge is 2.47. The van der Waals surface area contributed by atoms with E-state index < -0.39 is 29.4 Å². The lowest BCUT2D eigenvalue weighted by molar-refractivity contribution is -0.123. The van der Waals surface area contributed by atoms with Gasteiger partial charge >= 0.3 is 5.69 Å². The number of rotatable bonds is 3. The standard InChI is InChI=1S/C13H17N3O6/c1-6-2-16(13(20)15-12(6)19)3-9(18)14-7-4-21-11-8(17)5-22-10(7)11/h2,7-8,10-11,17H,3-5H2,1H3,(H,14,18)(H,15,19,20)/t7-,8-,10-,11-/m1/s1. The van der Waals surface area contributed by atoms with E-state index in [1.54, 1.807) is 6.92 Å². The highest BCUT2D eigenvalue weighted by molar-refractivity contribution is 5.76. The lowest BCUT2D eigenvalue weighted by atomic mass is 10.1. The Morgan fingerprint density at radius 1 is 1.41 bits per heavy atom. The van der Waals surface area contributed by atoms with Crippen LogP contribution < -0.4 is 16.6 Å². The Labute approximate surface area is 124 Å². The van der Waals surface area contributed by atoms with Gasteiger partial charge in [-0.05, 0) is 6.92 Å². The number of aryl methyl sites for hydroxylation is 1. The van der Waals surface area contributed by atoms with Gasteiger partial charge in [0, 0.05) is 11.8 Å². The minimum atomic E-state index is -0.684. The maximum atomic E-state index is 12.1. The predicted octanol–water partition coefficient (Wildman–Crippen LogP) is -2.51. The zero-order valence-corrected chi connectivity index (χ0v) is 11.9. The summed E-state index contributed by atoms with van der Waals surface area (Å²) in [6, 6.07) is -0.366. The molecule has 1 aromatic rings. The van der Waals surface area contributed by atoms with E-state index in [9.17, 15) is 19.5 Å². The molecule has 0 aromatic carbocycles. The molecule has 3 heterocycles. The Morgan fingerprint density at radius 3 is 2.91 bits per heavy atom. The number of carbonyl (C=O) groups excluding carboxylic acids is 1. The Kier molecular flexibility index (Phi) is 3.85. The van der Waals surface area contributed by atoms with Crippen LogP contribution in [0.15, 0.2) is 15.8 Å². The van der Waals surface area contributed by atoms with Crippen LogP contribution in [0.1, 0.15) is 5.56 Å². The molecule has 22 heavy (non-hydrogen) atoms. The van der Waals surface area contributed by atoms with E-state index in [1.165, 1.54) is 6.20 Å². The molecule has 0 aliphatic carbocycles. The zero-order valence-electron chi connectivity index (χ0n) is 11.9. The largest absolute Gasteiger partial charge is 0.388 e. The van der Waals surface area contributed by atoms with E-state index in [0.29, 0.717) is 5.56 Å². The molecule has 0 unspecified atom stereocenters. The molecule has 2 aliphatic heterocycles. The molecular formula is C13H17N3O6. The number of nitrogens with zero attached hydrogens (tertiary/aromatic N) is 1. The third kappa shape index (κ3) is 2.70. The smallest absolute Gasteiger partial charge is 0.328 e. The molecule has 9 heteroatoms. The summed E-state index contributed by atoms with van der Waals surface area (Å²) in [4.78, 5) is 37.1. The first-order valence-electron chi connectivity index (χ1n) is 6.96. The van der Waals surface area contributed by atoms with Crippen molar-refractivity contribution >= 4 is 5.91 Å². The van der Waals surface area contributed by atoms with Gasteiger partial charge in [0.15, 0.2) is 0 Å². The third-order valence-electron chi connectivity index (χ3n) is 3.88. The van der Waals surface area contributed by atoms with E-state index in [-0.39, 0.29) is 31.9 Å². The Bertz CT molecular complexity index is 696. The monoisotopic (exact) mass is 311 g/mol. The molecule has 3 rings (SSSR count). The molecule has 4 atom stereocenters. The summed E-state index contributed by atoms with van der Waals surface area (Å²) in [5.41, 5.74) is -0.764. The van der Waals surface area contributed by atoms with Gasteiger partial charge in [-0.3, -0.25) is 19.1 Å². The van der Waals surface area contributed by atoms with Gasteiger partial charge in [0.1, 0.15) is 24.9 Å².